The van der Waals surface area contributed by atoms with E-state index in [0.717, 1.165) is 10.0 Å². The highest BCUT2D eigenvalue weighted by Crippen LogP contribution is 2.24. The van der Waals surface area contributed by atoms with E-state index in [-0.39, 0.29) is 5.69 Å². The van der Waals surface area contributed by atoms with E-state index in [1.54, 1.807) is 18.2 Å². The Hall–Kier alpha value is -1.59. The van der Waals surface area contributed by atoms with E-state index < -0.39 is 4.92 Å². The monoisotopic (exact) mass is 340 g/mol. The Morgan fingerprint density at radius 2 is 2.05 bits per heavy atom. The molecular weight excluding hydrogens is 332 g/mol. The second-order valence-corrected chi connectivity index (χ2v) is 5.17. The highest BCUT2D eigenvalue weighted by Gasteiger charge is 2.05. The van der Waals surface area contributed by atoms with Crippen molar-refractivity contribution in [1.29, 1.82) is 0 Å². The van der Waals surface area contributed by atoms with E-state index in [1.165, 1.54) is 12.1 Å². The lowest BCUT2D eigenvalue weighted by Gasteiger charge is -2.07. The molecule has 0 aromatic heterocycles. The van der Waals surface area contributed by atoms with Crippen LogP contribution in [0.25, 0.3) is 0 Å². The van der Waals surface area contributed by atoms with E-state index in [1.807, 2.05) is 12.1 Å². The quantitative estimate of drug-likeness (QED) is 0.652. The van der Waals surface area contributed by atoms with Crippen LogP contribution in [0.5, 0.6) is 0 Å². The molecule has 1 N–H and O–H groups in total. The lowest BCUT2D eigenvalue weighted by Crippen LogP contribution is -2.00. The van der Waals surface area contributed by atoms with Crippen LogP contribution in [-0.2, 0) is 6.54 Å². The predicted octanol–water partition coefficient (Wildman–Crippen LogP) is 4.62. The second-order valence-electron chi connectivity index (χ2n) is 3.91. The van der Waals surface area contributed by atoms with Gasteiger partial charge in [0.1, 0.15) is 0 Å². The van der Waals surface area contributed by atoms with Crippen molar-refractivity contribution in [3.63, 3.8) is 0 Å². The predicted molar refractivity (Wildman–Crippen MR) is 79.6 cm³/mol. The van der Waals surface area contributed by atoms with Crippen LogP contribution >= 0.6 is 27.5 Å². The molecule has 0 atom stereocenters. The zero-order valence-electron chi connectivity index (χ0n) is 9.77. The molecule has 2 rings (SSSR count). The van der Waals surface area contributed by atoms with Crippen molar-refractivity contribution >= 4 is 38.9 Å². The fraction of sp³-hybridized carbons (Fsp3) is 0.0769. The van der Waals surface area contributed by atoms with Gasteiger partial charge in [-0.3, -0.25) is 10.1 Å². The summed E-state index contributed by atoms with van der Waals surface area (Å²) < 4.78 is 0.826. The first kappa shape index (κ1) is 13.8. The van der Waals surface area contributed by atoms with Crippen molar-refractivity contribution in [2.45, 2.75) is 6.54 Å². The molecule has 2 aromatic rings. The number of hydrogen-bond donors (Lipinski definition) is 1. The van der Waals surface area contributed by atoms with Gasteiger partial charge in [0.25, 0.3) is 5.69 Å². The van der Waals surface area contributed by atoms with Gasteiger partial charge in [-0.1, -0.05) is 23.7 Å². The number of rotatable bonds is 4. The first-order valence-electron chi connectivity index (χ1n) is 5.48. The smallest absolute Gasteiger partial charge is 0.271 e. The molecule has 0 aliphatic heterocycles. The summed E-state index contributed by atoms with van der Waals surface area (Å²) in [4.78, 5) is 10.3. The van der Waals surface area contributed by atoms with Crippen LogP contribution in [0.4, 0.5) is 11.4 Å². The van der Waals surface area contributed by atoms with Gasteiger partial charge in [0.05, 0.1) is 9.95 Å². The van der Waals surface area contributed by atoms with Gasteiger partial charge >= 0.3 is 0 Å². The van der Waals surface area contributed by atoms with Gasteiger partial charge in [-0.25, -0.2) is 0 Å². The SMILES string of the molecule is O=[N+]([O-])c1cccc(NCc2ccc(Cl)c(Br)c2)c1. The average molecular weight is 342 g/mol. The number of hydrogen-bond acceptors (Lipinski definition) is 3. The topological polar surface area (TPSA) is 55.2 Å². The van der Waals surface area contributed by atoms with Crippen molar-refractivity contribution in [2.24, 2.45) is 0 Å². The normalized spacial score (nSPS) is 10.2. The maximum atomic E-state index is 10.7. The Labute approximate surface area is 123 Å². The van der Waals surface area contributed by atoms with E-state index in [2.05, 4.69) is 21.2 Å². The minimum Gasteiger partial charge on any atom is -0.381 e. The van der Waals surface area contributed by atoms with Gasteiger partial charge in [0.2, 0.25) is 0 Å². The molecule has 0 fully saturated rings. The lowest BCUT2D eigenvalue weighted by atomic mass is 10.2. The van der Waals surface area contributed by atoms with Crippen molar-refractivity contribution in [1.82, 2.24) is 0 Å². The van der Waals surface area contributed by atoms with Crippen LogP contribution in [0.1, 0.15) is 5.56 Å². The van der Waals surface area contributed by atoms with E-state index >= 15 is 0 Å². The first-order valence-corrected chi connectivity index (χ1v) is 6.65. The molecule has 0 unspecified atom stereocenters. The maximum Gasteiger partial charge on any atom is 0.271 e. The number of nitrogens with one attached hydrogen (secondary N) is 1. The summed E-state index contributed by atoms with van der Waals surface area (Å²) in [5.74, 6) is 0. The van der Waals surface area contributed by atoms with Crippen LogP contribution in [0.3, 0.4) is 0 Å². The number of benzene rings is 2. The molecule has 0 bridgehead atoms. The zero-order valence-corrected chi connectivity index (χ0v) is 12.1. The highest BCUT2D eigenvalue weighted by molar-refractivity contribution is 9.10. The van der Waals surface area contributed by atoms with Crippen LogP contribution in [-0.4, -0.2) is 4.92 Å². The summed E-state index contributed by atoms with van der Waals surface area (Å²) in [6.07, 6.45) is 0. The molecule has 6 heteroatoms. The molecule has 0 aliphatic rings. The molecule has 98 valence electrons. The van der Waals surface area contributed by atoms with Crippen LogP contribution < -0.4 is 5.32 Å². The summed E-state index contributed by atoms with van der Waals surface area (Å²) in [7, 11) is 0. The molecule has 0 saturated carbocycles. The third-order valence-corrected chi connectivity index (χ3v) is 3.75. The molecule has 2 aromatic carbocycles. The maximum absolute atomic E-state index is 10.7. The fourth-order valence-corrected chi connectivity index (χ4v) is 2.13. The van der Waals surface area contributed by atoms with E-state index in [0.29, 0.717) is 17.3 Å². The highest BCUT2D eigenvalue weighted by atomic mass is 79.9. The number of nitro groups is 1. The van der Waals surface area contributed by atoms with Crippen molar-refractivity contribution < 1.29 is 4.92 Å². The summed E-state index contributed by atoms with van der Waals surface area (Å²) in [5.41, 5.74) is 1.81. The number of non-ortho nitro benzene ring substituents is 1. The zero-order chi connectivity index (χ0) is 13.8. The third kappa shape index (κ3) is 3.68. The Bertz CT molecular complexity index is 619. The average Bonchev–Trinajstić information content (AvgIpc) is 2.40. The summed E-state index contributed by atoms with van der Waals surface area (Å²) in [6.45, 7) is 0.566. The first-order chi connectivity index (χ1) is 9.06. The summed E-state index contributed by atoms with van der Waals surface area (Å²) in [6, 6.07) is 12.0. The standard InChI is InChI=1S/C13H10BrClN2O2/c14-12-6-9(4-5-13(12)15)8-16-10-2-1-3-11(7-10)17(18)19/h1-7,16H,8H2. The largest absolute Gasteiger partial charge is 0.381 e. The van der Waals surface area contributed by atoms with E-state index in [4.69, 9.17) is 11.6 Å². The van der Waals surface area contributed by atoms with Gasteiger partial charge in [0.15, 0.2) is 0 Å². The second kappa shape index (κ2) is 6.04. The van der Waals surface area contributed by atoms with Gasteiger partial charge in [-0.2, -0.15) is 0 Å². The molecule has 0 heterocycles. The van der Waals surface area contributed by atoms with Crippen molar-refractivity contribution in [3.8, 4) is 0 Å². The van der Waals surface area contributed by atoms with Gasteiger partial charge in [0, 0.05) is 28.8 Å². The Morgan fingerprint density at radius 3 is 2.74 bits per heavy atom. The van der Waals surface area contributed by atoms with Crippen LogP contribution in [0.15, 0.2) is 46.9 Å². The number of halogens is 2. The minimum absolute atomic E-state index is 0.0716. The fourth-order valence-electron chi connectivity index (χ4n) is 1.58. The van der Waals surface area contributed by atoms with Crippen molar-refractivity contribution in [2.75, 3.05) is 5.32 Å². The molecule has 4 nitrogen and oxygen atoms in total. The Kier molecular flexibility index (Phi) is 4.39. The lowest BCUT2D eigenvalue weighted by molar-refractivity contribution is -0.384. The molecule has 19 heavy (non-hydrogen) atoms. The molecule has 0 spiro atoms. The Morgan fingerprint density at radius 1 is 1.26 bits per heavy atom. The minimum atomic E-state index is -0.413. The van der Waals surface area contributed by atoms with Gasteiger partial charge < -0.3 is 5.32 Å². The Balaban J connectivity index is 2.07. The molecule has 0 aliphatic carbocycles. The molecule has 0 amide bonds. The summed E-state index contributed by atoms with van der Waals surface area (Å²) in [5, 5.41) is 14.5. The molecule has 0 radical (unpaired) electrons. The van der Waals surface area contributed by atoms with Crippen LogP contribution in [0.2, 0.25) is 5.02 Å². The summed E-state index contributed by atoms with van der Waals surface area (Å²) >= 11 is 9.27. The number of anilines is 1. The van der Waals surface area contributed by atoms with Gasteiger partial charge in [-0.15, -0.1) is 0 Å². The number of nitro benzene ring substituents is 1. The van der Waals surface area contributed by atoms with Crippen LogP contribution in [0, 0.1) is 10.1 Å². The van der Waals surface area contributed by atoms with Crippen molar-refractivity contribution in [3.05, 3.63) is 67.6 Å². The van der Waals surface area contributed by atoms with E-state index in [9.17, 15) is 10.1 Å². The molecule has 0 saturated heterocycles. The van der Waals surface area contributed by atoms with Gasteiger partial charge in [-0.05, 0) is 39.7 Å². The molecular formula is C13H10BrClN2O2. The number of nitrogens with zero attached hydrogens (tertiary/aromatic N) is 1. The third-order valence-electron chi connectivity index (χ3n) is 2.54.